The number of nitriles is 1. The van der Waals surface area contributed by atoms with Gasteiger partial charge < -0.3 is 4.90 Å². The van der Waals surface area contributed by atoms with Gasteiger partial charge in [-0.05, 0) is 68.6 Å². The minimum absolute atomic E-state index is 0.296. The fourth-order valence-electron chi connectivity index (χ4n) is 5.58. The molecule has 4 saturated carbocycles. The first-order valence-corrected chi connectivity index (χ1v) is 8.29. The smallest absolute Gasteiger partial charge is 0.223 e. The number of carbonyl (C=O) groups is 1. The Balaban J connectivity index is 1.65. The maximum atomic E-state index is 12.6. The summed E-state index contributed by atoms with van der Waals surface area (Å²) in [6, 6.07) is 2.15. The molecule has 3 heteroatoms. The lowest BCUT2D eigenvalue weighted by Gasteiger charge is -2.57. The molecule has 0 atom stereocenters. The zero-order valence-corrected chi connectivity index (χ0v) is 12.6. The first kappa shape index (κ1) is 13.9. The number of amides is 1. The summed E-state index contributed by atoms with van der Waals surface area (Å²) in [6.07, 6.45) is 9.37. The van der Waals surface area contributed by atoms with Gasteiger partial charge in [-0.15, -0.1) is 0 Å². The average Bonchev–Trinajstić information content (AvgIpc) is 2.37. The van der Waals surface area contributed by atoms with Crippen LogP contribution in [0, 0.1) is 34.5 Å². The van der Waals surface area contributed by atoms with Crippen LogP contribution in [-0.4, -0.2) is 23.9 Å². The molecule has 0 N–H and O–H groups in total. The van der Waals surface area contributed by atoms with Crippen LogP contribution in [0.3, 0.4) is 0 Å². The molecular formula is C17H26N2O. The standard InChI is InChI=1S/C17H26N2O/c1-2-19(5-3-4-18)16(20)12-17-9-13-6-14(10-17)8-15(7-13)11-17/h13-15H,2-3,5-12H2,1H3. The summed E-state index contributed by atoms with van der Waals surface area (Å²) < 4.78 is 0. The van der Waals surface area contributed by atoms with Crippen molar-refractivity contribution in [1.29, 1.82) is 5.26 Å². The molecule has 20 heavy (non-hydrogen) atoms. The van der Waals surface area contributed by atoms with E-state index in [2.05, 4.69) is 6.07 Å². The van der Waals surface area contributed by atoms with Crippen LogP contribution >= 0.6 is 0 Å². The molecule has 0 heterocycles. The first-order chi connectivity index (χ1) is 9.64. The quantitative estimate of drug-likeness (QED) is 0.771. The third-order valence-electron chi connectivity index (χ3n) is 5.92. The molecule has 3 nitrogen and oxygen atoms in total. The highest BCUT2D eigenvalue weighted by Crippen LogP contribution is 2.61. The van der Waals surface area contributed by atoms with Crippen molar-refractivity contribution >= 4 is 5.91 Å². The minimum atomic E-state index is 0.296. The van der Waals surface area contributed by atoms with E-state index in [1.807, 2.05) is 11.8 Å². The van der Waals surface area contributed by atoms with Crippen molar-refractivity contribution in [2.24, 2.45) is 23.2 Å². The Labute approximate surface area is 122 Å². The third kappa shape index (κ3) is 2.57. The number of hydrogen-bond acceptors (Lipinski definition) is 2. The number of carbonyl (C=O) groups excluding carboxylic acids is 1. The van der Waals surface area contributed by atoms with Gasteiger partial charge >= 0.3 is 0 Å². The Bertz CT molecular complexity index is 388. The van der Waals surface area contributed by atoms with E-state index >= 15 is 0 Å². The van der Waals surface area contributed by atoms with Crippen LogP contribution in [-0.2, 0) is 4.79 Å². The molecule has 0 radical (unpaired) electrons. The molecule has 0 aromatic rings. The third-order valence-corrected chi connectivity index (χ3v) is 5.92. The highest BCUT2D eigenvalue weighted by atomic mass is 16.2. The summed E-state index contributed by atoms with van der Waals surface area (Å²) in [5.74, 6) is 3.01. The molecule has 4 aliphatic carbocycles. The van der Waals surface area contributed by atoms with E-state index < -0.39 is 0 Å². The molecule has 4 aliphatic rings. The highest BCUT2D eigenvalue weighted by molar-refractivity contribution is 5.77. The second-order valence-corrected chi connectivity index (χ2v) is 7.48. The maximum absolute atomic E-state index is 12.6. The van der Waals surface area contributed by atoms with Crippen molar-refractivity contribution < 1.29 is 4.79 Å². The van der Waals surface area contributed by atoms with Gasteiger partial charge in [-0.3, -0.25) is 4.79 Å². The molecule has 0 spiro atoms. The van der Waals surface area contributed by atoms with Crippen LogP contribution in [0.15, 0.2) is 0 Å². The van der Waals surface area contributed by atoms with E-state index in [4.69, 9.17) is 5.26 Å². The molecule has 0 aliphatic heterocycles. The topological polar surface area (TPSA) is 44.1 Å². The Hall–Kier alpha value is -1.04. The summed E-state index contributed by atoms with van der Waals surface area (Å²) >= 11 is 0. The van der Waals surface area contributed by atoms with Crippen molar-refractivity contribution in [2.45, 2.75) is 58.3 Å². The normalized spacial score (nSPS) is 37.7. The Morgan fingerprint density at radius 3 is 2.20 bits per heavy atom. The van der Waals surface area contributed by atoms with E-state index in [0.717, 1.165) is 30.7 Å². The summed E-state index contributed by atoms with van der Waals surface area (Å²) in [5.41, 5.74) is 0.325. The van der Waals surface area contributed by atoms with Gasteiger partial charge in [-0.2, -0.15) is 5.26 Å². The lowest BCUT2D eigenvalue weighted by Crippen LogP contribution is -2.48. The lowest BCUT2D eigenvalue weighted by atomic mass is 9.49. The van der Waals surface area contributed by atoms with Gasteiger partial charge in [0, 0.05) is 19.5 Å². The average molecular weight is 274 g/mol. The molecular weight excluding hydrogens is 248 g/mol. The molecule has 1 amide bonds. The molecule has 4 fully saturated rings. The lowest BCUT2D eigenvalue weighted by molar-refractivity contribution is -0.139. The van der Waals surface area contributed by atoms with Crippen molar-refractivity contribution in [2.75, 3.05) is 13.1 Å². The van der Waals surface area contributed by atoms with E-state index in [-0.39, 0.29) is 0 Å². The van der Waals surface area contributed by atoms with Crippen molar-refractivity contribution in [3.8, 4) is 6.07 Å². The van der Waals surface area contributed by atoms with Crippen LogP contribution in [0.25, 0.3) is 0 Å². The second-order valence-electron chi connectivity index (χ2n) is 7.48. The predicted molar refractivity (Wildman–Crippen MR) is 77.7 cm³/mol. The van der Waals surface area contributed by atoms with Gasteiger partial charge in [0.15, 0.2) is 0 Å². The zero-order chi connectivity index (χ0) is 14.2. The van der Waals surface area contributed by atoms with Gasteiger partial charge in [0.05, 0.1) is 12.5 Å². The van der Waals surface area contributed by atoms with Gasteiger partial charge in [0.1, 0.15) is 0 Å². The van der Waals surface area contributed by atoms with E-state index in [1.54, 1.807) is 0 Å². The van der Waals surface area contributed by atoms with Gasteiger partial charge in [0.2, 0.25) is 5.91 Å². The van der Waals surface area contributed by atoms with Crippen LogP contribution in [0.1, 0.15) is 58.3 Å². The van der Waals surface area contributed by atoms with E-state index in [9.17, 15) is 4.79 Å². The molecule has 0 unspecified atom stereocenters. The molecule has 110 valence electrons. The van der Waals surface area contributed by atoms with Crippen LogP contribution in [0.4, 0.5) is 0 Å². The molecule has 0 aromatic heterocycles. The second kappa shape index (κ2) is 5.39. The summed E-state index contributed by atoms with van der Waals surface area (Å²) in [6.45, 7) is 3.38. The Morgan fingerprint density at radius 2 is 1.75 bits per heavy atom. The summed E-state index contributed by atoms with van der Waals surface area (Å²) in [4.78, 5) is 14.5. The number of nitrogens with zero attached hydrogens (tertiary/aromatic N) is 2. The molecule has 4 rings (SSSR count). The number of rotatable bonds is 5. The van der Waals surface area contributed by atoms with Crippen molar-refractivity contribution in [1.82, 2.24) is 4.90 Å². The van der Waals surface area contributed by atoms with Crippen molar-refractivity contribution in [3.63, 3.8) is 0 Å². The minimum Gasteiger partial charge on any atom is -0.342 e. The van der Waals surface area contributed by atoms with E-state index in [0.29, 0.717) is 24.3 Å². The molecule has 0 saturated heterocycles. The largest absolute Gasteiger partial charge is 0.342 e. The SMILES string of the molecule is CCN(CCC#N)C(=O)CC12CC3CC(CC(C3)C1)C2. The fourth-order valence-corrected chi connectivity index (χ4v) is 5.58. The number of hydrogen-bond donors (Lipinski definition) is 0. The molecule has 0 aromatic carbocycles. The van der Waals surface area contributed by atoms with E-state index in [1.165, 1.54) is 38.5 Å². The highest BCUT2D eigenvalue weighted by Gasteiger charge is 2.51. The van der Waals surface area contributed by atoms with Crippen LogP contribution in [0.5, 0.6) is 0 Å². The zero-order valence-electron chi connectivity index (χ0n) is 12.6. The predicted octanol–water partition coefficient (Wildman–Crippen LogP) is 3.36. The fraction of sp³-hybridized carbons (Fsp3) is 0.882. The summed E-state index contributed by atoms with van der Waals surface area (Å²) in [5, 5.41) is 8.71. The van der Waals surface area contributed by atoms with Gasteiger partial charge in [0.25, 0.3) is 0 Å². The first-order valence-electron chi connectivity index (χ1n) is 8.29. The summed E-state index contributed by atoms with van der Waals surface area (Å²) in [7, 11) is 0. The Kier molecular flexibility index (Phi) is 3.75. The Morgan fingerprint density at radius 1 is 1.20 bits per heavy atom. The van der Waals surface area contributed by atoms with Crippen LogP contribution in [0.2, 0.25) is 0 Å². The van der Waals surface area contributed by atoms with Crippen LogP contribution < -0.4 is 0 Å². The molecule has 4 bridgehead atoms. The van der Waals surface area contributed by atoms with Gasteiger partial charge in [-0.1, -0.05) is 0 Å². The maximum Gasteiger partial charge on any atom is 0.223 e. The monoisotopic (exact) mass is 274 g/mol. The van der Waals surface area contributed by atoms with Gasteiger partial charge in [-0.25, -0.2) is 0 Å². The van der Waals surface area contributed by atoms with Crippen molar-refractivity contribution in [3.05, 3.63) is 0 Å².